The number of nitrogens with one attached hydrogen (secondary N) is 1. The van der Waals surface area contributed by atoms with Crippen LogP contribution in [0.5, 0.6) is 0 Å². The Balaban J connectivity index is 1.85. The summed E-state index contributed by atoms with van der Waals surface area (Å²) in [6.07, 6.45) is 4.01. The van der Waals surface area contributed by atoms with Gasteiger partial charge >= 0.3 is 0 Å². The van der Waals surface area contributed by atoms with Crippen LogP contribution in [0.3, 0.4) is 0 Å². The van der Waals surface area contributed by atoms with Crippen LogP contribution in [0.2, 0.25) is 0 Å². The Hall–Kier alpha value is -2.35. The van der Waals surface area contributed by atoms with Crippen LogP contribution in [0.4, 0.5) is 0 Å². The van der Waals surface area contributed by atoms with Crippen molar-refractivity contribution in [3.8, 4) is 11.3 Å². The first-order valence-corrected chi connectivity index (χ1v) is 7.95. The first-order chi connectivity index (χ1) is 10.8. The summed E-state index contributed by atoms with van der Waals surface area (Å²) in [7, 11) is 0. The third kappa shape index (κ3) is 3.11. The molecule has 0 aliphatic heterocycles. The number of imidazole rings is 1. The van der Waals surface area contributed by atoms with Crippen molar-refractivity contribution >= 4 is 0 Å². The number of rotatable bonds is 5. The van der Waals surface area contributed by atoms with Crippen molar-refractivity contribution in [2.45, 2.75) is 32.6 Å². The highest BCUT2D eigenvalue weighted by Gasteiger charge is 2.11. The van der Waals surface area contributed by atoms with E-state index in [2.05, 4.69) is 55.2 Å². The monoisotopic (exact) mass is 290 g/mol. The van der Waals surface area contributed by atoms with Gasteiger partial charge in [0.15, 0.2) is 0 Å². The van der Waals surface area contributed by atoms with Crippen molar-refractivity contribution in [3.63, 3.8) is 0 Å². The van der Waals surface area contributed by atoms with E-state index in [1.54, 1.807) is 0 Å². The van der Waals surface area contributed by atoms with E-state index in [1.807, 2.05) is 24.4 Å². The number of hydrogen-bond acceptors (Lipinski definition) is 1. The number of nitrogens with zero attached hydrogens (tertiary/aromatic N) is 1. The average Bonchev–Trinajstić information content (AvgIpc) is 3.04. The molecule has 0 aliphatic carbocycles. The molecule has 112 valence electrons. The van der Waals surface area contributed by atoms with Crippen LogP contribution in [-0.2, 0) is 6.42 Å². The molecule has 0 saturated carbocycles. The van der Waals surface area contributed by atoms with Crippen molar-refractivity contribution in [2.75, 3.05) is 0 Å². The van der Waals surface area contributed by atoms with Gasteiger partial charge in [0.1, 0.15) is 5.82 Å². The summed E-state index contributed by atoms with van der Waals surface area (Å²) in [5.41, 5.74) is 4.96. The molecule has 0 bridgehead atoms. The molecule has 1 unspecified atom stereocenters. The molecule has 0 saturated heterocycles. The van der Waals surface area contributed by atoms with E-state index in [9.17, 15) is 0 Å². The van der Waals surface area contributed by atoms with Crippen LogP contribution in [0.1, 0.15) is 43.1 Å². The topological polar surface area (TPSA) is 28.7 Å². The summed E-state index contributed by atoms with van der Waals surface area (Å²) in [5, 5.41) is 0. The van der Waals surface area contributed by atoms with Crippen molar-refractivity contribution < 1.29 is 0 Å². The summed E-state index contributed by atoms with van der Waals surface area (Å²) in [4.78, 5) is 8.07. The van der Waals surface area contributed by atoms with Gasteiger partial charge in [-0.1, -0.05) is 68.4 Å². The van der Waals surface area contributed by atoms with Crippen molar-refractivity contribution in [3.05, 3.63) is 77.7 Å². The van der Waals surface area contributed by atoms with E-state index >= 15 is 0 Å². The fourth-order valence-electron chi connectivity index (χ4n) is 2.79. The molecule has 2 nitrogen and oxygen atoms in total. The van der Waals surface area contributed by atoms with Crippen LogP contribution in [0.15, 0.2) is 60.8 Å². The molecular formula is C20H22N2. The van der Waals surface area contributed by atoms with Crippen LogP contribution >= 0.6 is 0 Å². The molecule has 1 heterocycles. The molecule has 3 aromatic rings. The Morgan fingerprint density at radius 2 is 1.73 bits per heavy atom. The van der Waals surface area contributed by atoms with E-state index in [-0.39, 0.29) is 0 Å². The maximum atomic E-state index is 4.75. The smallest absolute Gasteiger partial charge is 0.111 e. The van der Waals surface area contributed by atoms with Gasteiger partial charge in [-0.2, -0.15) is 0 Å². The number of hydrogen-bond donors (Lipinski definition) is 1. The van der Waals surface area contributed by atoms with Crippen LogP contribution in [0.25, 0.3) is 11.3 Å². The van der Waals surface area contributed by atoms with Gasteiger partial charge < -0.3 is 4.98 Å². The molecule has 1 atom stereocenters. The summed E-state index contributed by atoms with van der Waals surface area (Å²) < 4.78 is 0. The van der Waals surface area contributed by atoms with Crippen LogP contribution in [-0.4, -0.2) is 9.97 Å². The molecule has 1 N–H and O–H groups in total. The highest BCUT2D eigenvalue weighted by molar-refractivity contribution is 5.58. The van der Waals surface area contributed by atoms with Gasteiger partial charge in [0, 0.05) is 18.2 Å². The highest BCUT2D eigenvalue weighted by Crippen LogP contribution is 2.25. The zero-order valence-corrected chi connectivity index (χ0v) is 13.2. The Bertz CT molecular complexity index is 728. The maximum Gasteiger partial charge on any atom is 0.111 e. The lowest BCUT2D eigenvalue weighted by Crippen LogP contribution is -2.00. The number of aromatic nitrogens is 2. The number of H-pyrrole nitrogens is 1. The third-order valence-corrected chi connectivity index (χ3v) is 4.26. The molecule has 22 heavy (non-hydrogen) atoms. The first-order valence-electron chi connectivity index (χ1n) is 7.95. The molecule has 0 fully saturated rings. The molecule has 0 radical (unpaired) electrons. The molecule has 2 heteroatoms. The largest absolute Gasteiger partial charge is 0.348 e. The van der Waals surface area contributed by atoms with Gasteiger partial charge in [-0.05, 0) is 23.5 Å². The van der Waals surface area contributed by atoms with Gasteiger partial charge in [-0.25, -0.2) is 4.98 Å². The van der Waals surface area contributed by atoms with Crippen LogP contribution in [0, 0.1) is 0 Å². The minimum atomic E-state index is 0.583. The van der Waals surface area contributed by atoms with Gasteiger partial charge in [0.05, 0.1) is 5.69 Å². The summed E-state index contributed by atoms with van der Waals surface area (Å²) >= 11 is 0. The second-order valence-electron chi connectivity index (χ2n) is 5.78. The summed E-state index contributed by atoms with van der Waals surface area (Å²) in [5.74, 6) is 1.61. The minimum Gasteiger partial charge on any atom is -0.348 e. The number of benzene rings is 2. The van der Waals surface area contributed by atoms with Crippen molar-refractivity contribution in [2.24, 2.45) is 0 Å². The third-order valence-electron chi connectivity index (χ3n) is 4.26. The quantitative estimate of drug-likeness (QED) is 0.689. The molecule has 2 aromatic carbocycles. The van der Waals surface area contributed by atoms with Crippen LogP contribution < -0.4 is 0 Å². The second kappa shape index (κ2) is 6.61. The molecule has 0 spiro atoms. The standard InChI is InChI=1S/C20H22N2/c1-3-15(2)18-12-8-7-11-17(18)13-20-21-14-19(22-20)16-9-5-4-6-10-16/h4-12,14-15H,3,13H2,1-2H3,(H,21,22). The van der Waals surface area contributed by atoms with E-state index in [4.69, 9.17) is 4.98 Å². The van der Waals surface area contributed by atoms with Gasteiger partial charge in [0.2, 0.25) is 0 Å². The predicted molar refractivity (Wildman–Crippen MR) is 92.0 cm³/mol. The zero-order valence-electron chi connectivity index (χ0n) is 13.2. The molecular weight excluding hydrogens is 268 g/mol. The van der Waals surface area contributed by atoms with E-state index in [0.717, 1.165) is 29.9 Å². The van der Waals surface area contributed by atoms with Gasteiger partial charge in [0.25, 0.3) is 0 Å². The fraction of sp³-hybridized carbons (Fsp3) is 0.250. The first kappa shape index (κ1) is 14.6. The number of aromatic amines is 1. The normalized spacial score (nSPS) is 12.3. The minimum absolute atomic E-state index is 0.583. The van der Waals surface area contributed by atoms with Gasteiger partial charge in [-0.3, -0.25) is 0 Å². The molecule has 3 rings (SSSR count). The van der Waals surface area contributed by atoms with E-state index < -0.39 is 0 Å². The lowest BCUT2D eigenvalue weighted by atomic mass is 9.92. The average molecular weight is 290 g/mol. The van der Waals surface area contributed by atoms with Gasteiger partial charge in [-0.15, -0.1) is 0 Å². The zero-order chi connectivity index (χ0) is 15.4. The molecule has 0 amide bonds. The Morgan fingerprint density at radius 3 is 2.50 bits per heavy atom. The Labute approximate surface area is 132 Å². The molecule has 0 aliphatic rings. The predicted octanol–water partition coefficient (Wildman–Crippen LogP) is 5.18. The van der Waals surface area contributed by atoms with Crippen molar-refractivity contribution in [1.29, 1.82) is 0 Å². The van der Waals surface area contributed by atoms with E-state index in [1.165, 1.54) is 11.1 Å². The lowest BCUT2D eigenvalue weighted by molar-refractivity contribution is 0.723. The van der Waals surface area contributed by atoms with Crippen molar-refractivity contribution in [1.82, 2.24) is 9.97 Å². The fourth-order valence-corrected chi connectivity index (χ4v) is 2.79. The van der Waals surface area contributed by atoms with E-state index in [0.29, 0.717) is 5.92 Å². The summed E-state index contributed by atoms with van der Waals surface area (Å²) in [6, 6.07) is 19.0. The SMILES string of the molecule is CCC(C)c1ccccc1Cc1nc(-c2ccccc2)c[nH]1. The summed E-state index contributed by atoms with van der Waals surface area (Å²) in [6.45, 7) is 4.53. The highest BCUT2D eigenvalue weighted by atomic mass is 14.9. The lowest BCUT2D eigenvalue weighted by Gasteiger charge is -2.14. The maximum absolute atomic E-state index is 4.75. The second-order valence-corrected chi connectivity index (χ2v) is 5.78. The Morgan fingerprint density at radius 1 is 1.00 bits per heavy atom. The molecule has 1 aromatic heterocycles. The Kier molecular flexibility index (Phi) is 4.38.